The van der Waals surface area contributed by atoms with E-state index in [0.717, 1.165) is 38.4 Å². The van der Waals surface area contributed by atoms with Crippen LogP contribution in [0.1, 0.15) is 24.5 Å². The molecule has 0 radical (unpaired) electrons. The Morgan fingerprint density at radius 1 is 1.44 bits per heavy atom. The normalized spacial score (nSPS) is 24.0. The molecule has 0 N–H and O–H groups in total. The van der Waals surface area contributed by atoms with Gasteiger partial charge in [0.15, 0.2) is 0 Å². The Balaban J connectivity index is 1.48. The van der Waals surface area contributed by atoms with Crippen molar-refractivity contribution >= 4 is 5.91 Å². The van der Waals surface area contributed by atoms with Crippen molar-refractivity contribution < 1.29 is 9.53 Å². The monoisotopic (exact) mass is 246 g/mol. The molecule has 0 bridgehead atoms. The fourth-order valence-corrected chi connectivity index (χ4v) is 2.61. The Morgan fingerprint density at radius 2 is 2.33 bits per heavy atom. The molecule has 18 heavy (non-hydrogen) atoms. The molecule has 96 valence electrons. The molecule has 0 unspecified atom stereocenters. The van der Waals surface area contributed by atoms with Crippen LogP contribution in [0.2, 0.25) is 0 Å². The first-order valence-corrected chi connectivity index (χ1v) is 6.59. The zero-order chi connectivity index (χ0) is 12.4. The van der Waals surface area contributed by atoms with Gasteiger partial charge in [0.25, 0.3) is 0 Å². The lowest BCUT2D eigenvalue weighted by molar-refractivity contribution is -0.136. The van der Waals surface area contributed by atoms with Crippen molar-refractivity contribution in [3.05, 3.63) is 30.1 Å². The van der Waals surface area contributed by atoms with Gasteiger partial charge in [-0.15, -0.1) is 0 Å². The van der Waals surface area contributed by atoms with Gasteiger partial charge < -0.3 is 9.64 Å². The van der Waals surface area contributed by atoms with Gasteiger partial charge in [-0.3, -0.25) is 9.78 Å². The first-order chi connectivity index (χ1) is 8.83. The molecule has 4 nitrogen and oxygen atoms in total. The second-order valence-corrected chi connectivity index (χ2v) is 5.18. The summed E-state index contributed by atoms with van der Waals surface area (Å²) in [5.41, 5.74) is 1.10. The third-order valence-corrected chi connectivity index (χ3v) is 3.83. The summed E-state index contributed by atoms with van der Waals surface area (Å²) in [7, 11) is 0. The summed E-state index contributed by atoms with van der Waals surface area (Å²) in [6, 6.07) is 5.96. The van der Waals surface area contributed by atoms with Crippen molar-refractivity contribution in [1.82, 2.24) is 9.88 Å². The minimum absolute atomic E-state index is 0.276. The standard InChI is InChI=1S/C14H18N2O2/c17-14(7-11-4-6-18-10-11)16-8-12(9-16)13-3-1-2-5-15-13/h1-3,5,11-12H,4,6-10H2/t11-/m1/s1. The Morgan fingerprint density at radius 3 is 3.00 bits per heavy atom. The van der Waals surface area contributed by atoms with Gasteiger partial charge >= 0.3 is 0 Å². The zero-order valence-electron chi connectivity index (χ0n) is 10.4. The van der Waals surface area contributed by atoms with Gasteiger partial charge in [-0.25, -0.2) is 0 Å². The highest BCUT2D eigenvalue weighted by Crippen LogP contribution is 2.27. The predicted octanol–water partition coefficient (Wildman–Crippen LogP) is 1.43. The molecule has 0 aromatic carbocycles. The van der Waals surface area contributed by atoms with Crippen molar-refractivity contribution in [3.8, 4) is 0 Å². The summed E-state index contributed by atoms with van der Waals surface area (Å²) in [6.45, 7) is 3.21. The summed E-state index contributed by atoms with van der Waals surface area (Å²) in [4.78, 5) is 18.3. The summed E-state index contributed by atoms with van der Waals surface area (Å²) in [5.74, 6) is 1.14. The van der Waals surface area contributed by atoms with E-state index < -0.39 is 0 Å². The molecule has 1 amide bonds. The molecule has 2 saturated heterocycles. The summed E-state index contributed by atoms with van der Waals surface area (Å²) >= 11 is 0. The number of aromatic nitrogens is 1. The lowest BCUT2D eigenvalue weighted by Crippen LogP contribution is -2.49. The minimum Gasteiger partial charge on any atom is -0.381 e. The topological polar surface area (TPSA) is 42.4 Å². The Bertz CT molecular complexity index is 409. The SMILES string of the molecule is O=C(C[C@H]1CCOC1)N1CC(c2ccccn2)C1. The smallest absolute Gasteiger partial charge is 0.222 e. The quantitative estimate of drug-likeness (QED) is 0.810. The van der Waals surface area contributed by atoms with E-state index in [1.54, 1.807) is 0 Å². The first kappa shape index (κ1) is 11.7. The average molecular weight is 246 g/mol. The van der Waals surface area contributed by atoms with E-state index in [-0.39, 0.29) is 5.91 Å². The molecule has 0 spiro atoms. The van der Waals surface area contributed by atoms with Crippen LogP contribution >= 0.6 is 0 Å². The Hall–Kier alpha value is -1.42. The third-order valence-electron chi connectivity index (χ3n) is 3.83. The van der Waals surface area contributed by atoms with Gasteiger partial charge in [0.1, 0.15) is 0 Å². The molecule has 4 heteroatoms. The molecule has 2 aliphatic rings. The van der Waals surface area contributed by atoms with E-state index >= 15 is 0 Å². The maximum atomic E-state index is 12.0. The van der Waals surface area contributed by atoms with Gasteiger partial charge in [-0.05, 0) is 24.5 Å². The summed E-state index contributed by atoms with van der Waals surface area (Å²) < 4.78 is 5.30. The molecular weight excluding hydrogens is 228 g/mol. The molecule has 1 aromatic heterocycles. The molecule has 3 heterocycles. The van der Waals surface area contributed by atoms with Crippen LogP contribution in [0, 0.1) is 5.92 Å². The predicted molar refractivity (Wildman–Crippen MR) is 67.1 cm³/mol. The first-order valence-electron chi connectivity index (χ1n) is 6.59. The van der Waals surface area contributed by atoms with Gasteiger partial charge in [0.2, 0.25) is 5.91 Å². The van der Waals surface area contributed by atoms with E-state index in [2.05, 4.69) is 4.98 Å². The van der Waals surface area contributed by atoms with E-state index in [9.17, 15) is 4.79 Å². The lowest BCUT2D eigenvalue weighted by Gasteiger charge is -2.39. The number of likely N-dealkylation sites (tertiary alicyclic amines) is 1. The number of rotatable bonds is 3. The minimum atomic E-state index is 0.276. The fourth-order valence-electron chi connectivity index (χ4n) is 2.61. The number of hydrogen-bond donors (Lipinski definition) is 0. The van der Waals surface area contributed by atoms with Crippen LogP contribution in [0.5, 0.6) is 0 Å². The molecule has 0 saturated carbocycles. The van der Waals surface area contributed by atoms with E-state index in [4.69, 9.17) is 4.74 Å². The fraction of sp³-hybridized carbons (Fsp3) is 0.571. The largest absolute Gasteiger partial charge is 0.381 e. The van der Waals surface area contributed by atoms with Crippen molar-refractivity contribution in [2.75, 3.05) is 26.3 Å². The Kier molecular flexibility index (Phi) is 3.28. The number of amides is 1. The van der Waals surface area contributed by atoms with Crippen molar-refractivity contribution in [2.45, 2.75) is 18.8 Å². The van der Waals surface area contributed by atoms with Crippen LogP contribution in [0.15, 0.2) is 24.4 Å². The summed E-state index contributed by atoms with van der Waals surface area (Å²) in [6.07, 6.45) is 3.49. The number of carbonyl (C=O) groups is 1. The van der Waals surface area contributed by atoms with Crippen LogP contribution in [0.4, 0.5) is 0 Å². The highest BCUT2D eigenvalue weighted by molar-refractivity contribution is 5.77. The number of hydrogen-bond acceptors (Lipinski definition) is 3. The maximum absolute atomic E-state index is 12.0. The van der Waals surface area contributed by atoms with Crippen LogP contribution < -0.4 is 0 Å². The molecular formula is C14H18N2O2. The molecule has 2 fully saturated rings. The van der Waals surface area contributed by atoms with Crippen molar-refractivity contribution in [1.29, 1.82) is 0 Å². The zero-order valence-corrected chi connectivity index (χ0v) is 10.4. The van der Waals surface area contributed by atoms with E-state index in [0.29, 0.717) is 18.3 Å². The van der Waals surface area contributed by atoms with Gasteiger partial charge in [-0.1, -0.05) is 6.07 Å². The average Bonchev–Trinajstić information content (AvgIpc) is 2.81. The highest BCUT2D eigenvalue weighted by Gasteiger charge is 2.33. The number of pyridine rings is 1. The number of ether oxygens (including phenoxy) is 1. The third kappa shape index (κ3) is 2.38. The molecule has 1 aromatic rings. The van der Waals surface area contributed by atoms with Crippen LogP contribution in [0.3, 0.4) is 0 Å². The number of carbonyl (C=O) groups excluding carboxylic acids is 1. The van der Waals surface area contributed by atoms with E-state index in [1.807, 2.05) is 29.3 Å². The second kappa shape index (κ2) is 5.06. The van der Waals surface area contributed by atoms with Crippen LogP contribution in [0.25, 0.3) is 0 Å². The molecule has 3 rings (SSSR count). The lowest BCUT2D eigenvalue weighted by atomic mass is 9.94. The van der Waals surface area contributed by atoms with Crippen LogP contribution in [-0.4, -0.2) is 42.1 Å². The van der Waals surface area contributed by atoms with Crippen LogP contribution in [-0.2, 0) is 9.53 Å². The van der Waals surface area contributed by atoms with Crippen molar-refractivity contribution in [2.24, 2.45) is 5.92 Å². The van der Waals surface area contributed by atoms with Gasteiger partial charge in [-0.2, -0.15) is 0 Å². The highest BCUT2D eigenvalue weighted by atomic mass is 16.5. The van der Waals surface area contributed by atoms with Gasteiger partial charge in [0, 0.05) is 50.5 Å². The molecule has 2 aliphatic heterocycles. The Labute approximate surface area is 107 Å². The molecule has 1 atom stereocenters. The summed E-state index contributed by atoms with van der Waals surface area (Å²) in [5, 5.41) is 0. The maximum Gasteiger partial charge on any atom is 0.222 e. The molecule has 0 aliphatic carbocycles. The number of nitrogens with zero attached hydrogens (tertiary/aromatic N) is 2. The van der Waals surface area contributed by atoms with E-state index in [1.165, 1.54) is 0 Å². The second-order valence-electron chi connectivity index (χ2n) is 5.18. The van der Waals surface area contributed by atoms with Gasteiger partial charge in [0.05, 0.1) is 0 Å². The van der Waals surface area contributed by atoms with Crippen molar-refractivity contribution in [3.63, 3.8) is 0 Å².